The third-order valence-corrected chi connectivity index (χ3v) is 6.96. The smallest absolute Gasteiger partial charge is 0.416 e. The van der Waals surface area contributed by atoms with E-state index in [1.54, 1.807) is 53.1 Å². The van der Waals surface area contributed by atoms with Crippen molar-refractivity contribution in [2.75, 3.05) is 7.11 Å². The predicted molar refractivity (Wildman–Crippen MR) is 137 cm³/mol. The van der Waals surface area contributed by atoms with Crippen molar-refractivity contribution in [3.8, 4) is 11.4 Å². The molecule has 0 aliphatic carbocycles. The lowest BCUT2D eigenvalue weighted by molar-refractivity contribution is -0.137. The molecule has 0 aliphatic rings. The van der Waals surface area contributed by atoms with Crippen LogP contribution in [0.1, 0.15) is 27.3 Å². The van der Waals surface area contributed by atoms with E-state index >= 15 is 0 Å². The van der Waals surface area contributed by atoms with Crippen LogP contribution >= 0.6 is 35.0 Å². The highest BCUT2D eigenvalue weighted by molar-refractivity contribution is 7.98. The average molecular weight is 567 g/mol. The number of ether oxygens (including phenoxy) is 1. The Hall–Kier alpha value is -3.21. The summed E-state index contributed by atoms with van der Waals surface area (Å²) in [6.07, 6.45) is -4.44. The molecule has 0 atom stereocenters. The van der Waals surface area contributed by atoms with Gasteiger partial charge in [0.05, 0.1) is 35.0 Å². The highest BCUT2D eigenvalue weighted by atomic mass is 35.5. The molecule has 12 heteroatoms. The number of methoxy groups -OCH3 is 1. The van der Waals surface area contributed by atoms with Gasteiger partial charge in [0.15, 0.2) is 11.0 Å². The van der Waals surface area contributed by atoms with Crippen molar-refractivity contribution < 1.29 is 22.7 Å². The summed E-state index contributed by atoms with van der Waals surface area (Å²) < 4.78 is 46.2. The molecular formula is C25H19Cl2F3N4O2S. The SMILES string of the molecule is COc1cccc(C(=O)NCc2nnc(SCc3cccc(C(F)(F)F)c3)n2-c2ccc(Cl)c(Cl)c2)c1. The van der Waals surface area contributed by atoms with Crippen LogP contribution in [-0.4, -0.2) is 27.8 Å². The molecule has 1 amide bonds. The fourth-order valence-corrected chi connectivity index (χ4v) is 4.61. The van der Waals surface area contributed by atoms with Crippen LogP contribution in [-0.2, 0) is 18.5 Å². The van der Waals surface area contributed by atoms with E-state index in [1.165, 1.54) is 24.9 Å². The minimum Gasteiger partial charge on any atom is -0.497 e. The topological polar surface area (TPSA) is 69.0 Å². The minimum atomic E-state index is -4.44. The Balaban J connectivity index is 1.59. The van der Waals surface area contributed by atoms with Crippen molar-refractivity contribution in [1.82, 2.24) is 20.1 Å². The number of nitrogens with zero attached hydrogens (tertiary/aromatic N) is 3. The molecule has 0 unspecified atom stereocenters. The van der Waals surface area contributed by atoms with Crippen molar-refractivity contribution in [3.63, 3.8) is 0 Å². The van der Waals surface area contributed by atoms with Crippen LogP contribution in [0.25, 0.3) is 5.69 Å². The van der Waals surface area contributed by atoms with Crippen molar-refractivity contribution in [2.45, 2.75) is 23.6 Å². The fourth-order valence-electron chi connectivity index (χ4n) is 3.40. The Morgan fingerprint density at radius 2 is 1.81 bits per heavy atom. The van der Waals surface area contributed by atoms with E-state index in [2.05, 4.69) is 15.5 Å². The molecule has 3 aromatic carbocycles. The summed E-state index contributed by atoms with van der Waals surface area (Å²) in [5.74, 6) is 0.793. The summed E-state index contributed by atoms with van der Waals surface area (Å²) in [7, 11) is 1.51. The van der Waals surface area contributed by atoms with E-state index in [-0.39, 0.29) is 18.2 Å². The maximum absolute atomic E-state index is 13.1. The summed E-state index contributed by atoms with van der Waals surface area (Å²) in [6.45, 7) is 0.0212. The van der Waals surface area contributed by atoms with Gasteiger partial charge >= 0.3 is 6.18 Å². The van der Waals surface area contributed by atoms with Crippen LogP contribution in [0.3, 0.4) is 0 Å². The molecule has 6 nitrogen and oxygen atoms in total. The summed E-state index contributed by atoms with van der Waals surface area (Å²) in [6, 6.07) is 16.7. The first-order valence-electron chi connectivity index (χ1n) is 10.8. The number of thioether (sulfide) groups is 1. The van der Waals surface area contributed by atoms with E-state index in [1.807, 2.05) is 0 Å². The summed E-state index contributed by atoms with van der Waals surface area (Å²) in [5, 5.41) is 12.3. The second kappa shape index (κ2) is 11.5. The van der Waals surface area contributed by atoms with Gasteiger partial charge in [-0.1, -0.05) is 59.2 Å². The standard InChI is InChI=1S/C25H19Cl2F3N4O2S/c1-36-19-7-3-5-16(11-19)23(35)31-13-22-32-33-24(34(22)18-8-9-20(26)21(27)12-18)37-14-15-4-2-6-17(10-15)25(28,29)30/h2-12H,13-14H2,1H3,(H,31,35). The lowest BCUT2D eigenvalue weighted by atomic mass is 10.1. The number of benzene rings is 3. The molecule has 192 valence electrons. The third-order valence-electron chi connectivity index (χ3n) is 5.22. The number of hydrogen-bond acceptors (Lipinski definition) is 5. The molecule has 0 saturated heterocycles. The van der Waals surface area contributed by atoms with Gasteiger partial charge in [-0.3, -0.25) is 9.36 Å². The van der Waals surface area contributed by atoms with Gasteiger partial charge in [0.25, 0.3) is 5.91 Å². The molecule has 4 aromatic rings. The van der Waals surface area contributed by atoms with Gasteiger partial charge in [0.2, 0.25) is 0 Å². The quantitative estimate of drug-likeness (QED) is 0.237. The Morgan fingerprint density at radius 1 is 1.03 bits per heavy atom. The first-order chi connectivity index (χ1) is 17.7. The largest absolute Gasteiger partial charge is 0.497 e. The number of amides is 1. The second-order valence-corrected chi connectivity index (χ2v) is 9.49. The number of halogens is 5. The average Bonchev–Trinajstić information content (AvgIpc) is 3.30. The number of carbonyl (C=O) groups excluding carboxylic acids is 1. The highest BCUT2D eigenvalue weighted by Gasteiger charge is 2.30. The van der Waals surface area contributed by atoms with Gasteiger partial charge in [-0.25, -0.2) is 0 Å². The normalized spacial score (nSPS) is 11.4. The van der Waals surface area contributed by atoms with Gasteiger partial charge in [0.1, 0.15) is 5.75 Å². The van der Waals surface area contributed by atoms with E-state index in [0.717, 1.165) is 12.1 Å². The van der Waals surface area contributed by atoms with Crippen LogP contribution in [0, 0.1) is 0 Å². The molecule has 0 aliphatic heterocycles. The zero-order chi connectivity index (χ0) is 26.6. The Kier molecular flexibility index (Phi) is 8.31. The number of nitrogens with one attached hydrogen (secondary N) is 1. The van der Waals surface area contributed by atoms with Crippen LogP contribution in [0.4, 0.5) is 13.2 Å². The van der Waals surface area contributed by atoms with E-state index in [9.17, 15) is 18.0 Å². The Morgan fingerprint density at radius 3 is 2.54 bits per heavy atom. The zero-order valence-electron chi connectivity index (χ0n) is 19.2. The van der Waals surface area contributed by atoms with Gasteiger partial charge in [-0.05, 0) is 48.0 Å². The van der Waals surface area contributed by atoms with E-state index in [0.29, 0.717) is 43.6 Å². The zero-order valence-corrected chi connectivity index (χ0v) is 21.5. The van der Waals surface area contributed by atoms with Crippen molar-refractivity contribution in [3.05, 3.63) is 99.3 Å². The van der Waals surface area contributed by atoms with Crippen LogP contribution < -0.4 is 10.1 Å². The summed E-state index contributed by atoms with van der Waals surface area (Å²) in [5.41, 5.74) is 0.726. The molecular weight excluding hydrogens is 548 g/mol. The number of aromatic nitrogens is 3. The molecule has 4 rings (SSSR count). The Labute approximate surface area is 224 Å². The molecule has 37 heavy (non-hydrogen) atoms. The lowest BCUT2D eigenvalue weighted by Crippen LogP contribution is -2.24. The summed E-state index contributed by atoms with van der Waals surface area (Å²) in [4.78, 5) is 12.7. The van der Waals surface area contributed by atoms with Crippen molar-refractivity contribution >= 4 is 40.9 Å². The third kappa shape index (κ3) is 6.57. The molecule has 0 bridgehead atoms. The van der Waals surface area contributed by atoms with Gasteiger partial charge < -0.3 is 10.1 Å². The molecule has 1 heterocycles. The van der Waals surface area contributed by atoms with Crippen LogP contribution in [0.2, 0.25) is 10.0 Å². The van der Waals surface area contributed by atoms with E-state index < -0.39 is 11.7 Å². The highest BCUT2D eigenvalue weighted by Crippen LogP contribution is 2.32. The second-order valence-electron chi connectivity index (χ2n) is 7.73. The van der Waals surface area contributed by atoms with Gasteiger partial charge in [0, 0.05) is 11.3 Å². The molecule has 0 fully saturated rings. The fraction of sp³-hybridized carbons (Fsp3) is 0.160. The molecule has 1 aromatic heterocycles. The molecule has 0 saturated carbocycles. The number of alkyl halides is 3. The van der Waals surface area contributed by atoms with Crippen molar-refractivity contribution in [2.24, 2.45) is 0 Å². The number of hydrogen-bond donors (Lipinski definition) is 1. The Bertz CT molecular complexity index is 1430. The van der Waals surface area contributed by atoms with Crippen LogP contribution in [0.5, 0.6) is 5.75 Å². The lowest BCUT2D eigenvalue weighted by Gasteiger charge is -2.12. The maximum Gasteiger partial charge on any atom is 0.416 e. The molecule has 0 spiro atoms. The number of rotatable bonds is 8. The summed E-state index contributed by atoms with van der Waals surface area (Å²) >= 11 is 13.5. The minimum absolute atomic E-state index is 0.0212. The predicted octanol–water partition coefficient (Wildman–Crippen LogP) is 6.82. The van der Waals surface area contributed by atoms with Crippen molar-refractivity contribution in [1.29, 1.82) is 0 Å². The molecule has 1 N–H and O–H groups in total. The maximum atomic E-state index is 13.1. The number of carbonyl (C=O) groups is 1. The molecule has 0 radical (unpaired) electrons. The first kappa shape index (κ1) is 26.8. The van der Waals surface area contributed by atoms with E-state index in [4.69, 9.17) is 27.9 Å². The monoisotopic (exact) mass is 566 g/mol. The van der Waals surface area contributed by atoms with Gasteiger partial charge in [-0.2, -0.15) is 13.2 Å². The van der Waals surface area contributed by atoms with Crippen LogP contribution in [0.15, 0.2) is 71.9 Å². The first-order valence-corrected chi connectivity index (χ1v) is 12.5. The van der Waals surface area contributed by atoms with Gasteiger partial charge in [-0.15, -0.1) is 10.2 Å².